The van der Waals surface area contributed by atoms with Gasteiger partial charge in [-0.3, -0.25) is 0 Å². The van der Waals surface area contributed by atoms with E-state index in [9.17, 15) is 0 Å². The minimum absolute atomic E-state index is 0.274. The number of aromatic nitrogens is 3. The van der Waals surface area contributed by atoms with Crippen LogP contribution in [0.3, 0.4) is 0 Å². The summed E-state index contributed by atoms with van der Waals surface area (Å²) in [6.45, 7) is 5.97. The second kappa shape index (κ2) is 5.58. The van der Waals surface area contributed by atoms with Gasteiger partial charge in [0.25, 0.3) is 0 Å². The van der Waals surface area contributed by atoms with Crippen LogP contribution in [0, 0.1) is 13.8 Å². The standard InChI is InChI=1S/C14H18N4/c1-10(9-13-7-5-4-6-8-13)15-14-16-11(2)12(3)17-18-14/h4-8,10H,9H2,1-3H3,(H,15,16,18). The second-order valence-electron chi connectivity index (χ2n) is 4.54. The zero-order valence-corrected chi connectivity index (χ0v) is 11.0. The van der Waals surface area contributed by atoms with Gasteiger partial charge in [-0.05, 0) is 32.8 Å². The fourth-order valence-electron chi connectivity index (χ4n) is 1.76. The molecule has 4 nitrogen and oxygen atoms in total. The van der Waals surface area contributed by atoms with Crippen molar-refractivity contribution in [2.75, 3.05) is 5.32 Å². The first kappa shape index (κ1) is 12.5. The quantitative estimate of drug-likeness (QED) is 0.895. The lowest BCUT2D eigenvalue weighted by atomic mass is 10.1. The average Bonchev–Trinajstić information content (AvgIpc) is 2.35. The zero-order valence-electron chi connectivity index (χ0n) is 11.0. The molecule has 0 amide bonds. The Morgan fingerprint density at radius 1 is 1.06 bits per heavy atom. The van der Waals surface area contributed by atoms with E-state index in [1.165, 1.54) is 5.56 Å². The number of nitrogens with zero attached hydrogens (tertiary/aromatic N) is 3. The average molecular weight is 242 g/mol. The highest BCUT2D eigenvalue weighted by Crippen LogP contribution is 2.08. The van der Waals surface area contributed by atoms with E-state index in [2.05, 4.69) is 51.7 Å². The number of hydrogen-bond acceptors (Lipinski definition) is 4. The molecule has 1 aromatic heterocycles. The molecule has 0 saturated carbocycles. The highest BCUT2D eigenvalue weighted by Gasteiger charge is 2.06. The van der Waals surface area contributed by atoms with Gasteiger partial charge >= 0.3 is 0 Å². The smallest absolute Gasteiger partial charge is 0.243 e. The van der Waals surface area contributed by atoms with Gasteiger partial charge in [-0.1, -0.05) is 30.3 Å². The minimum Gasteiger partial charge on any atom is -0.350 e. The summed E-state index contributed by atoms with van der Waals surface area (Å²) in [5.41, 5.74) is 3.09. The van der Waals surface area contributed by atoms with Gasteiger partial charge < -0.3 is 5.32 Å². The topological polar surface area (TPSA) is 50.7 Å². The maximum absolute atomic E-state index is 4.37. The first-order valence-corrected chi connectivity index (χ1v) is 6.13. The van der Waals surface area contributed by atoms with Crippen LogP contribution < -0.4 is 5.32 Å². The maximum Gasteiger partial charge on any atom is 0.243 e. The summed E-state index contributed by atoms with van der Waals surface area (Å²) in [6.07, 6.45) is 0.942. The molecular weight excluding hydrogens is 224 g/mol. The third kappa shape index (κ3) is 3.26. The van der Waals surface area contributed by atoms with Gasteiger partial charge in [0.1, 0.15) is 0 Å². The molecule has 0 aliphatic rings. The first-order valence-electron chi connectivity index (χ1n) is 6.13. The van der Waals surface area contributed by atoms with Gasteiger partial charge in [-0.15, -0.1) is 5.10 Å². The number of hydrogen-bond donors (Lipinski definition) is 1. The van der Waals surface area contributed by atoms with Crippen molar-refractivity contribution in [2.24, 2.45) is 0 Å². The molecule has 94 valence electrons. The van der Waals surface area contributed by atoms with Gasteiger partial charge in [0.2, 0.25) is 5.95 Å². The fraction of sp³-hybridized carbons (Fsp3) is 0.357. The van der Waals surface area contributed by atoms with Crippen LogP contribution in [-0.4, -0.2) is 21.2 Å². The van der Waals surface area contributed by atoms with Crippen molar-refractivity contribution < 1.29 is 0 Å². The third-order valence-electron chi connectivity index (χ3n) is 2.85. The van der Waals surface area contributed by atoms with Gasteiger partial charge in [0.15, 0.2) is 0 Å². The molecule has 0 bridgehead atoms. The Bertz CT molecular complexity index is 510. The number of anilines is 1. The summed E-state index contributed by atoms with van der Waals surface area (Å²) >= 11 is 0. The largest absolute Gasteiger partial charge is 0.350 e. The van der Waals surface area contributed by atoms with Crippen LogP contribution in [-0.2, 0) is 6.42 Å². The first-order chi connectivity index (χ1) is 8.65. The lowest BCUT2D eigenvalue weighted by Gasteiger charge is -2.13. The van der Waals surface area contributed by atoms with E-state index in [0.29, 0.717) is 5.95 Å². The van der Waals surface area contributed by atoms with Crippen molar-refractivity contribution >= 4 is 5.95 Å². The molecule has 4 heteroatoms. The summed E-state index contributed by atoms with van der Waals surface area (Å²) in [5.74, 6) is 0.599. The molecule has 1 unspecified atom stereocenters. The minimum atomic E-state index is 0.274. The van der Waals surface area contributed by atoms with Crippen molar-refractivity contribution in [3.8, 4) is 0 Å². The molecule has 1 aromatic carbocycles. The molecule has 2 rings (SSSR count). The zero-order chi connectivity index (χ0) is 13.0. The van der Waals surface area contributed by atoms with Gasteiger partial charge in [-0.2, -0.15) is 5.10 Å². The summed E-state index contributed by atoms with van der Waals surface area (Å²) in [7, 11) is 0. The van der Waals surface area contributed by atoms with Crippen LogP contribution in [0.4, 0.5) is 5.95 Å². The number of aryl methyl sites for hydroxylation is 2. The fourth-order valence-corrected chi connectivity index (χ4v) is 1.76. The molecular formula is C14H18N4. The number of nitrogens with one attached hydrogen (secondary N) is 1. The molecule has 1 N–H and O–H groups in total. The Morgan fingerprint density at radius 2 is 1.78 bits per heavy atom. The van der Waals surface area contributed by atoms with Crippen molar-refractivity contribution in [3.05, 3.63) is 47.3 Å². The van der Waals surface area contributed by atoms with E-state index in [1.54, 1.807) is 0 Å². The highest BCUT2D eigenvalue weighted by atomic mass is 15.2. The lowest BCUT2D eigenvalue weighted by molar-refractivity contribution is 0.762. The van der Waals surface area contributed by atoms with E-state index in [1.807, 2.05) is 19.9 Å². The molecule has 1 heterocycles. The van der Waals surface area contributed by atoms with Crippen molar-refractivity contribution in [2.45, 2.75) is 33.2 Å². The predicted octanol–water partition coefficient (Wildman–Crippen LogP) is 2.53. The number of rotatable bonds is 4. The van der Waals surface area contributed by atoms with Crippen LogP contribution in [0.2, 0.25) is 0 Å². The molecule has 2 aromatic rings. The Kier molecular flexibility index (Phi) is 3.87. The third-order valence-corrected chi connectivity index (χ3v) is 2.85. The molecule has 1 atom stereocenters. The molecule has 0 radical (unpaired) electrons. The normalized spacial score (nSPS) is 12.2. The molecule has 0 spiro atoms. The van der Waals surface area contributed by atoms with Gasteiger partial charge in [0, 0.05) is 6.04 Å². The number of benzene rings is 1. The van der Waals surface area contributed by atoms with Gasteiger partial charge in [-0.25, -0.2) is 4.98 Å². The summed E-state index contributed by atoms with van der Waals surface area (Å²) in [6, 6.07) is 10.6. The molecule has 0 saturated heterocycles. The van der Waals surface area contributed by atoms with Crippen molar-refractivity contribution in [1.29, 1.82) is 0 Å². The Hall–Kier alpha value is -1.97. The van der Waals surface area contributed by atoms with Crippen molar-refractivity contribution in [1.82, 2.24) is 15.2 Å². The van der Waals surface area contributed by atoms with E-state index < -0.39 is 0 Å². The lowest BCUT2D eigenvalue weighted by Crippen LogP contribution is -2.20. The Balaban J connectivity index is 1.99. The van der Waals surface area contributed by atoms with Crippen molar-refractivity contribution in [3.63, 3.8) is 0 Å². The van der Waals surface area contributed by atoms with E-state index >= 15 is 0 Å². The Morgan fingerprint density at radius 3 is 2.44 bits per heavy atom. The second-order valence-corrected chi connectivity index (χ2v) is 4.54. The van der Waals surface area contributed by atoms with Crippen LogP contribution in [0.25, 0.3) is 0 Å². The summed E-state index contributed by atoms with van der Waals surface area (Å²) in [5, 5.41) is 11.4. The monoisotopic (exact) mass is 242 g/mol. The SMILES string of the molecule is Cc1nnc(NC(C)Cc2ccccc2)nc1C. The molecule has 0 fully saturated rings. The van der Waals surface area contributed by atoms with E-state index in [4.69, 9.17) is 0 Å². The summed E-state index contributed by atoms with van der Waals surface area (Å²) < 4.78 is 0. The highest BCUT2D eigenvalue weighted by molar-refractivity contribution is 5.27. The van der Waals surface area contributed by atoms with Crippen LogP contribution in [0.15, 0.2) is 30.3 Å². The molecule has 18 heavy (non-hydrogen) atoms. The Labute approximate surface area is 107 Å². The van der Waals surface area contributed by atoms with Gasteiger partial charge in [0.05, 0.1) is 11.4 Å². The van der Waals surface area contributed by atoms with Crippen LogP contribution >= 0.6 is 0 Å². The van der Waals surface area contributed by atoms with E-state index in [0.717, 1.165) is 17.8 Å². The van der Waals surface area contributed by atoms with Crippen LogP contribution in [0.5, 0.6) is 0 Å². The molecule has 0 aliphatic heterocycles. The maximum atomic E-state index is 4.37. The predicted molar refractivity (Wildman–Crippen MR) is 72.5 cm³/mol. The van der Waals surface area contributed by atoms with Crippen LogP contribution in [0.1, 0.15) is 23.9 Å². The molecule has 0 aliphatic carbocycles. The summed E-state index contributed by atoms with van der Waals surface area (Å²) in [4.78, 5) is 4.37. The van der Waals surface area contributed by atoms with E-state index in [-0.39, 0.29) is 6.04 Å².